The average molecular weight is 423 g/mol. The quantitative estimate of drug-likeness (QED) is 0.640. The van der Waals surface area contributed by atoms with E-state index >= 15 is 0 Å². The third-order valence-corrected chi connectivity index (χ3v) is 4.76. The van der Waals surface area contributed by atoms with Crippen LogP contribution in [0.3, 0.4) is 0 Å². The minimum Gasteiger partial charge on any atom is -0.305 e. The zero-order chi connectivity index (χ0) is 18.0. The third kappa shape index (κ3) is 3.91. The van der Waals surface area contributed by atoms with Crippen LogP contribution in [0.15, 0.2) is 53.0 Å². The molecule has 1 aromatic heterocycles. The molecule has 3 aromatic rings. The molecule has 0 saturated carbocycles. The van der Waals surface area contributed by atoms with Crippen LogP contribution in [0.2, 0.25) is 5.02 Å². The fourth-order valence-corrected chi connectivity index (χ4v) is 3.08. The summed E-state index contributed by atoms with van der Waals surface area (Å²) in [5, 5.41) is 7.42. The molecule has 0 bridgehead atoms. The van der Waals surface area contributed by atoms with Crippen molar-refractivity contribution in [3.63, 3.8) is 0 Å². The highest BCUT2D eigenvalue weighted by atomic mass is 79.9. The number of aromatic nitrogens is 2. The minimum atomic E-state index is -0.388. The summed E-state index contributed by atoms with van der Waals surface area (Å²) in [4.78, 5) is 12.4. The SMILES string of the molecule is Cc1cc(NC(=O)c2ccccc2Br)nn1Cc1c(F)cccc1Cl. The van der Waals surface area contributed by atoms with Crippen molar-refractivity contribution < 1.29 is 9.18 Å². The molecule has 1 N–H and O–H groups in total. The summed E-state index contributed by atoms with van der Waals surface area (Å²) in [6.07, 6.45) is 0. The van der Waals surface area contributed by atoms with Gasteiger partial charge in [0.1, 0.15) is 5.82 Å². The van der Waals surface area contributed by atoms with Crippen molar-refractivity contribution in [3.8, 4) is 0 Å². The fraction of sp³-hybridized carbons (Fsp3) is 0.111. The smallest absolute Gasteiger partial charge is 0.258 e. The monoisotopic (exact) mass is 421 g/mol. The molecule has 0 saturated heterocycles. The topological polar surface area (TPSA) is 46.9 Å². The number of benzene rings is 2. The lowest BCUT2D eigenvalue weighted by atomic mass is 10.2. The molecule has 0 unspecified atom stereocenters. The second kappa shape index (κ2) is 7.37. The van der Waals surface area contributed by atoms with Crippen molar-refractivity contribution in [2.45, 2.75) is 13.5 Å². The lowest BCUT2D eigenvalue weighted by Gasteiger charge is -2.08. The van der Waals surface area contributed by atoms with E-state index in [1.54, 1.807) is 41.1 Å². The Labute approximate surface area is 157 Å². The zero-order valence-corrected chi connectivity index (χ0v) is 15.6. The first-order valence-electron chi connectivity index (χ1n) is 7.49. The standard InChI is InChI=1S/C18H14BrClFN3O/c1-11-9-17(22-18(25)12-5-2-3-6-14(12)19)23-24(11)10-13-15(20)7-4-8-16(13)21/h2-9H,10H2,1H3,(H,22,23,25). The number of hydrogen-bond donors (Lipinski definition) is 1. The van der Waals surface area contributed by atoms with Crippen LogP contribution in [0.25, 0.3) is 0 Å². The van der Waals surface area contributed by atoms with E-state index in [4.69, 9.17) is 11.6 Å². The van der Waals surface area contributed by atoms with Crippen molar-refractivity contribution in [2.75, 3.05) is 5.32 Å². The number of carbonyl (C=O) groups excluding carboxylic acids is 1. The van der Waals surface area contributed by atoms with Gasteiger partial charge in [-0.15, -0.1) is 0 Å². The molecule has 2 aromatic carbocycles. The van der Waals surface area contributed by atoms with Gasteiger partial charge in [0.25, 0.3) is 5.91 Å². The summed E-state index contributed by atoms with van der Waals surface area (Å²) in [6, 6.07) is 13.4. The number of nitrogens with one attached hydrogen (secondary N) is 1. The van der Waals surface area contributed by atoms with E-state index in [9.17, 15) is 9.18 Å². The molecule has 7 heteroatoms. The molecule has 0 atom stereocenters. The normalized spacial score (nSPS) is 10.7. The molecule has 4 nitrogen and oxygen atoms in total. The van der Waals surface area contributed by atoms with E-state index in [-0.39, 0.29) is 18.3 Å². The van der Waals surface area contributed by atoms with Crippen LogP contribution in [0.1, 0.15) is 21.6 Å². The summed E-state index contributed by atoms with van der Waals surface area (Å²) in [5.41, 5.74) is 1.65. The molecule has 0 spiro atoms. The first kappa shape index (κ1) is 17.6. The number of aryl methyl sites for hydroxylation is 1. The molecular weight excluding hydrogens is 409 g/mol. The van der Waals surface area contributed by atoms with Gasteiger partial charge in [-0.05, 0) is 47.1 Å². The molecular formula is C18H14BrClFN3O. The fourth-order valence-electron chi connectivity index (χ4n) is 2.39. The van der Waals surface area contributed by atoms with Gasteiger partial charge in [-0.25, -0.2) is 4.39 Å². The minimum absolute atomic E-state index is 0.183. The Morgan fingerprint density at radius 1 is 1.28 bits per heavy atom. The number of amides is 1. The summed E-state index contributed by atoms with van der Waals surface area (Å²) in [5.74, 6) is -0.270. The Balaban J connectivity index is 1.81. The number of halogens is 3. The van der Waals surface area contributed by atoms with Crippen LogP contribution in [0, 0.1) is 12.7 Å². The highest BCUT2D eigenvalue weighted by Gasteiger charge is 2.14. The number of nitrogens with zero attached hydrogens (tertiary/aromatic N) is 2. The van der Waals surface area contributed by atoms with E-state index in [0.717, 1.165) is 5.69 Å². The molecule has 0 radical (unpaired) electrons. The Morgan fingerprint density at radius 3 is 2.76 bits per heavy atom. The predicted molar refractivity (Wildman–Crippen MR) is 99.6 cm³/mol. The van der Waals surface area contributed by atoms with E-state index in [0.29, 0.717) is 26.4 Å². The molecule has 0 aliphatic rings. The van der Waals surface area contributed by atoms with Crippen LogP contribution in [0.4, 0.5) is 10.2 Å². The lowest BCUT2D eigenvalue weighted by molar-refractivity contribution is 0.102. The van der Waals surface area contributed by atoms with Crippen molar-refractivity contribution in [1.82, 2.24) is 9.78 Å². The number of carbonyl (C=O) groups is 1. The van der Waals surface area contributed by atoms with Gasteiger partial charge < -0.3 is 5.32 Å². The van der Waals surface area contributed by atoms with Gasteiger partial charge in [-0.1, -0.05) is 29.8 Å². The van der Waals surface area contributed by atoms with Gasteiger partial charge >= 0.3 is 0 Å². The summed E-state index contributed by atoms with van der Waals surface area (Å²) >= 11 is 9.41. The van der Waals surface area contributed by atoms with Crippen LogP contribution in [-0.4, -0.2) is 15.7 Å². The highest BCUT2D eigenvalue weighted by molar-refractivity contribution is 9.10. The van der Waals surface area contributed by atoms with E-state index in [1.807, 2.05) is 13.0 Å². The zero-order valence-electron chi connectivity index (χ0n) is 13.3. The summed E-state index contributed by atoms with van der Waals surface area (Å²) in [7, 11) is 0. The van der Waals surface area contributed by atoms with Crippen LogP contribution < -0.4 is 5.32 Å². The van der Waals surface area contributed by atoms with Gasteiger partial charge in [0, 0.05) is 26.8 Å². The predicted octanol–water partition coefficient (Wildman–Crippen LogP) is 5.05. The maximum Gasteiger partial charge on any atom is 0.258 e. The maximum atomic E-state index is 13.9. The Morgan fingerprint density at radius 2 is 2.04 bits per heavy atom. The third-order valence-electron chi connectivity index (χ3n) is 3.71. The van der Waals surface area contributed by atoms with Gasteiger partial charge in [0.2, 0.25) is 0 Å². The first-order chi connectivity index (χ1) is 12.0. The van der Waals surface area contributed by atoms with E-state index in [2.05, 4.69) is 26.3 Å². The van der Waals surface area contributed by atoms with E-state index < -0.39 is 0 Å². The Kier molecular flexibility index (Phi) is 5.20. The van der Waals surface area contributed by atoms with Gasteiger partial charge in [0.15, 0.2) is 5.82 Å². The van der Waals surface area contributed by atoms with Crippen molar-refractivity contribution in [1.29, 1.82) is 0 Å². The van der Waals surface area contributed by atoms with Gasteiger partial charge in [0.05, 0.1) is 12.1 Å². The Hall–Kier alpha value is -2.18. The molecule has 1 amide bonds. The van der Waals surface area contributed by atoms with Crippen LogP contribution in [0.5, 0.6) is 0 Å². The molecule has 0 fully saturated rings. The second-order valence-electron chi connectivity index (χ2n) is 5.46. The molecule has 0 aliphatic carbocycles. The molecule has 25 heavy (non-hydrogen) atoms. The lowest BCUT2D eigenvalue weighted by Crippen LogP contribution is -2.13. The number of anilines is 1. The maximum absolute atomic E-state index is 13.9. The largest absolute Gasteiger partial charge is 0.305 e. The van der Waals surface area contributed by atoms with E-state index in [1.165, 1.54) is 6.07 Å². The highest BCUT2D eigenvalue weighted by Crippen LogP contribution is 2.22. The van der Waals surface area contributed by atoms with Gasteiger partial charge in [-0.2, -0.15) is 5.10 Å². The number of hydrogen-bond acceptors (Lipinski definition) is 2. The summed E-state index contributed by atoms with van der Waals surface area (Å²) in [6.45, 7) is 2.01. The second-order valence-corrected chi connectivity index (χ2v) is 6.72. The molecule has 0 aliphatic heterocycles. The molecule has 1 heterocycles. The average Bonchev–Trinajstić information content (AvgIpc) is 2.90. The summed E-state index contributed by atoms with van der Waals surface area (Å²) < 4.78 is 16.2. The molecule has 128 valence electrons. The van der Waals surface area contributed by atoms with Crippen molar-refractivity contribution >= 4 is 39.3 Å². The number of rotatable bonds is 4. The molecule has 3 rings (SSSR count). The first-order valence-corrected chi connectivity index (χ1v) is 8.66. The van der Waals surface area contributed by atoms with Crippen molar-refractivity contribution in [2.24, 2.45) is 0 Å². The van der Waals surface area contributed by atoms with Crippen LogP contribution >= 0.6 is 27.5 Å². The Bertz CT molecular complexity index is 922. The van der Waals surface area contributed by atoms with Crippen LogP contribution in [-0.2, 0) is 6.54 Å². The van der Waals surface area contributed by atoms with Crippen molar-refractivity contribution in [3.05, 3.63) is 80.7 Å². The van der Waals surface area contributed by atoms with Gasteiger partial charge in [-0.3, -0.25) is 9.48 Å².